The molecule has 0 saturated heterocycles. The summed E-state index contributed by atoms with van der Waals surface area (Å²) in [6.45, 7) is 0. The summed E-state index contributed by atoms with van der Waals surface area (Å²) in [6.07, 6.45) is 0. The van der Waals surface area contributed by atoms with Gasteiger partial charge in [-0.15, -0.1) is 0 Å². The summed E-state index contributed by atoms with van der Waals surface area (Å²) in [4.78, 5) is 10.3. The van der Waals surface area contributed by atoms with Gasteiger partial charge in [-0.2, -0.15) is 0 Å². The molecule has 0 bridgehead atoms. The molecule has 0 aliphatic heterocycles. The molecular weight excluding hydrogens is 685 g/mol. The van der Waals surface area contributed by atoms with Gasteiger partial charge in [0.15, 0.2) is 5.82 Å². The van der Waals surface area contributed by atoms with Crippen molar-refractivity contribution in [2.45, 2.75) is 0 Å². The van der Waals surface area contributed by atoms with Crippen molar-refractivity contribution in [1.82, 2.24) is 9.97 Å². The number of fused-ring (bicyclic) bond motifs is 6. The minimum atomic E-state index is 0.685. The zero-order valence-electron chi connectivity index (χ0n) is 30.2. The van der Waals surface area contributed by atoms with E-state index in [1.165, 1.54) is 0 Å². The number of hydrogen-bond acceptors (Lipinski definition) is 4. The molecule has 11 aromatic rings. The van der Waals surface area contributed by atoms with Gasteiger partial charge in [0.05, 0.1) is 11.4 Å². The lowest BCUT2D eigenvalue weighted by molar-refractivity contribution is 0.668. The zero-order valence-corrected chi connectivity index (χ0v) is 30.2. The van der Waals surface area contributed by atoms with Crippen LogP contribution < -0.4 is 0 Å². The van der Waals surface area contributed by atoms with Gasteiger partial charge in [-0.25, -0.2) is 9.97 Å². The van der Waals surface area contributed by atoms with Gasteiger partial charge in [0.1, 0.15) is 22.3 Å². The van der Waals surface area contributed by atoms with E-state index in [9.17, 15) is 0 Å². The molecule has 0 unspecified atom stereocenters. The van der Waals surface area contributed by atoms with Crippen LogP contribution in [0.4, 0.5) is 0 Å². The summed E-state index contributed by atoms with van der Waals surface area (Å²) in [7, 11) is 0. The van der Waals surface area contributed by atoms with Crippen molar-refractivity contribution >= 4 is 43.9 Å². The molecule has 262 valence electrons. The molecule has 8 aromatic carbocycles. The van der Waals surface area contributed by atoms with Crippen LogP contribution >= 0.6 is 0 Å². The first-order valence-electron chi connectivity index (χ1n) is 18.8. The maximum atomic E-state index is 6.68. The Kier molecular flexibility index (Phi) is 7.46. The minimum absolute atomic E-state index is 0.685. The molecule has 0 fully saturated rings. The molecule has 0 atom stereocenters. The number of hydrogen-bond donors (Lipinski definition) is 0. The number of para-hydroxylation sites is 2. The van der Waals surface area contributed by atoms with E-state index < -0.39 is 0 Å². The number of nitrogens with zero attached hydrogens (tertiary/aromatic N) is 2. The van der Waals surface area contributed by atoms with Gasteiger partial charge < -0.3 is 8.83 Å². The van der Waals surface area contributed by atoms with Gasteiger partial charge >= 0.3 is 0 Å². The van der Waals surface area contributed by atoms with Gasteiger partial charge in [0, 0.05) is 43.8 Å². The number of aromatic nitrogens is 2. The number of benzene rings is 8. The van der Waals surface area contributed by atoms with Crippen LogP contribution in [0, 0.1) is 0 Å². The Morgan fingerprint density at radius 2 is 0.821 bits per heavy atom. The Hall–Kier alpha value is -7.56. The van der Waals surface area contributed by atoms with Crippen molar-refractivity contribution in [2.75, 3.05) is 0 Å². The maximum Gasteiger partial charge on any atom is 0.161 e. The summed E-state index contributed by atoms with van der Waals surface area (Å²) >= 11 is 0. The van der Waals surface area contributed by atoms with Crippen LogP contribution in [0.25, 0.3) is 111 Å². The molecular formula is C52H32N2O2. The van der Waals surface area contributed by atoms with Crippen molar-refractivity contribution in [1.29, 1.82) is 0 Å². The first-order valence-corrected chi connectivity index (χ1v) is 18.8. The van der Waals surface area contributed by atoms with Crippen LogP contribution in [0.2, 0.25) is 0 Å². The van der Waals surface area contributed by atoms with Gasteiger partial charge in [-0.1, -0.05) is 158 Å². The van der Waals surface area contributed by atoms with E-state index in [0.29, 0.717) is 5.82 Å². The van der Waals surface area contributed by atoms with Crippen molar-refractivity contribution in [3.05, 3.63) is 194 Å². The third kappa shape index (κ3) is 5.39. The van der Waals surface area contributed by atoms with E-state index in [0.717, 1.165) is 105 Å². The van der Waals surface area contributed by atoms with Crippen LogP contribution in [0.5, 0.6) is 0 Å². The fourth-order valence-corrected chi connectivity index (χ4v) is 8.03. The van der Waals surface area contributed by atoms with Crippen LogP contribution in [0.1, 0.15) is 0 Å². The highest BCUT2D eigenvalue weighted by molar-refractivity contribution is 6.17. The summed E-state index contributed by atoms with van der Waals surface area (Å²) in [5.74, 6) is 0.685. The summed E-state index contributed by atoms with van der Waals surface area (Å²) < 4.78 is 13.0. The van der Waals surface area contributed by atoms with Gasteiger partial charge in [-0.05, 0) is 64.2 Å². The third-order valence-electron chi connectivity index (χ3n) is 10.8. The second-order valence-corrected chi connectivity index (χ2v) is 14.1. The van der Waals surface area contributed by atoms with Gasteiger partial charge in [-0.3, -0.25) is 0 Å². The molecule has 4 heteroatoms. The van der Waals surface area contributed by atoms with Crippen LogP contribution in [-0.4, -0.2) is 9.97 Å². The number of furan rings is 2. The predicted molar refractivity (Wildman–Crippen MR) is 229 cm³/mol. The largest absolute Gasteiger partial charge is 0.456 e. The molecule has 3 heterocycles. The average Bonchev–Trinajstić information content (AvgIpc) is 3.85. The lowest BCUT2D eigenvalue weighted by Gasteiger charge is -2.13. The maximum absolute atomic E-state index is 6.68. The molecule has 0 spiro atoms. The van der Waals surface area contributed by atoms with Gasteiger partial charge in [0.2, 0.25) is 0 Å². The first-order chi connectivity index (χ1) is 27.7. The molecule has 11 rings (SSSR count). The van der Waals surface area contributed by atoms with E-state index in [1.54, 1.807) is 0 Å². The van der Waals surface area contributed by atoms with Crippen molar-refractivity contribution < 1.29 is 8.83 Å². The van der Waals surface area contributed by atoms with E-state index in [1.807, 2.05) is 48.5 Å². The zero-order chi connectivity index (χ0) is 37.0. The quantitative estimate of drug-likeness (QED) is 0.172. The molecule has 0 N–H and O–H groups in total. The highest BCUT2D eigenvalue weighted by Gasteiger charge is 2.19. The minimum Gasteiger partial charge on any atom is -0.456 e. The predicted octanol–water partition coefficient (Wildman–Crippen LogP) is 14.3. The summed E-state index contributed by atoms with van der Waals surface area (Å²) in [5, 5.41) is 4.40. The lowest BCUT2D eigenvalue weighted by atomic mass is 9.93. The second-order valence-electron chi connectivity index (χ2n) is 14.1. The Morgan fingerprint density at radius 3 is 1.57 bits per heavy atom. The van der Waals surface area contributed by atoms with Crippen molar-refractivity contribution in [3.63, 3.8) is 0 Å². The second kappa shape index (κ2) is 13.1. The monoisotopic (exact) mass is 716 g/mol. The topological polar surface area (TPSA) is 52.1 Å². The summed E-state index contributed by atoms with van der Waals surface area (Å²) in [6, 6.07) is 67.2. The Bertz CT molecular complexity index is 3230. The standard InChI is InChI=1S/C52H32N2O2/c1-3-13-33(14-4-1)38-17-7-8-19-43(38)52-53-45(35-15-5-2-6-16-35)32-46(54-52)36-25-23-34(24-26-36)40-30-29-39(50-44-20-10-12-22-48(44)56-51(40)50)37-27-28-42-41-18-9-11-21-47(41)55-49(42)31-37/h1-32H. The fraction of sp³-hybridized carbons (Fsp3) is 0. The van der Waals surface area contributed by atoms with E-state index in [2.05, 4.69) is 146 Å². The van der Waals surface area contributed by atoms with Crippen molar-refractivity contribution in [3.8, 4) is 67.3 Å². The summed E-state index contributed by atoms with van der Waals surface area (Å²) in [5.41, 5.74) is 14.7. The lowest BCUT2D eigenvalue weighted by Crippen LogP contribution is -1.97. The fourth-order valence-electron chi connectivity index (χ4n) is 8.03. The molecule has 0 aliphatic rings. The third-order valence-corrected chi connectivity index (χ3v) is 10.8. The highest BCUT2D eigenvalue weighted by atomic mass is 16.3. The Morgan fingerprint density at radius 1 is 0.304 bits per heavy atom. The van der Waals surface area contributed by atoms with E-state index in [-0.39, 0.29) is 0 Å². The SMILES string of the molecule is c1ccc(-c2cc(-c3ccc(-c4ccc(-c5ccc6c(c5)oc5ccccc56)c5c4oc4ccccc45)cc3)nc(-c3ccccc3-c3ccccc3)n2)cc1. The molecule has 0 amide bonds. The molecule has 0 radical (unpaired) electrons. The van der Waals surface area contributed by atoms with Crippen LogP contribution in [0.3, 0.4) is 0 Å². The number of rotatable bonds is 6. The first kappa shape index (κ1) is 31.9. The van der Waals surface area contributed by atoms with E-state index >= 15 is 0 Å². The molecule has 3 aromatic heterocycles. The molecule has 0 aliphatic carbocycles. The smallest absolute Gasteiger partial charge is 0.161 e. The van der Waals surface area contributed by atoms with Crippen LogP contribution in [-0.2, 0) is 0 Å². The Balaban J connectivity index is 1.03. The average molecular weight is 717 g/mol. The van der Waals surface area contributed by atoms with Gasteiger partial charge in [0.25, 0.3) is 0 Å². The highest BCUT2D eigenvalue weighted by Crippen LogP contribution is 2.43. The molecule has 4 nitrogen and oxygen atoms in total. The van der Waals surface area contributed by atoms with E-state index in [4.69, 9.17) is 18.8 Å². The normalized spacial score (nSPS) is 11.6. The Labute approximate surface area is 323 Å². The van der Waals surface area contributed by atoms with Crippen molar-refractivity contribution in [2.24, 2.45) is 0 Å². The molecule has 0 saturated carbocycles. The molecule has 56 heavy (non-hydrogen) atoms. The van der Waals surface area contributed by atoms with Crippen LogP contribution in [0.15, 0.2) is 203 Å².